The van der Waals surface area contributed by atoms with Gasteiger partial charge >= 0.3 is 0 Å². The van der Waals surface area contributed by atoms with Crippen LogP contribution in [0.4, 0.5) is 0 Å². The zero-order valence-electron chi connectivity index (χ0n) is 19.2. The van der Waals surface area contributed by atoms with Crippen LogP contribution in [-0.4, -0.2) is 44.8 Å². The molecule has 1 saturated heterocycles. The van der Waals surface area contributed by atoms with Gasteiger partial charge in [0.25, 0.3) is 15.9 Å². The van der Waals surface area contributed by atoms with Crippen LogP contribution in [0.5, 0.6) is 0 Å². The number of hydrogen-bond donors (Lipinski definition) is 2. The van der Waals surface area contributed by atoms with Crippen molar-refractivity contribution in [2.24, 2.45) is 5.92 Å². The number of carbonyl (C=O) groups is 1. The topological polar surface area (TPSA) is 78.5 Å². The van der Waals surface area contributed by atoms with Gasteiger partial charge in [0.05, 0.1) is 6.54 Å². The second kappa shape index (κ2) is 12.9. The van der Waals surface area contributed by atoms with Crippen molar-refractivity contribution in [1.29, 1.82) is 0 Å². The van der Waals surface area contributed by atoms with E-state index in [0.717, 1.165) is 30.8 Å². The number of piperidine rings is 1. The molecule has 1 fully saturated rings. The molecule has 2 heterocycles. The lowest BCUT2D eigenvalue weighted by Gasteiger charge is -2.31. The summed E-state index contributed by atoms with van der Waals surface area (Å²) < 4.78 is 28.4. The van der Waals surface area contributed by atoms with Crippen LogP contribution in [-0.2, 0) is 16.6 Å². The standard InChI is InChI=1S/C24H34ClN3O3S2/c1-2-3-4-5-14-26-16-19-7-6-15-28(18-19)33(30,31)23-13-12-22(32-23)17-27-24(29)20-8-10-21(25)11-9-20/h8-13,19,26H,2-7,14-18H2,1H3,(H,27,29). The van der Waals surface area contributed by atoms with Crippen LogP contribution in [0.1, 0.15) is 60.7 Å². The van der Waals surface area contributed by atoms with Crippen molar-refractivity contribution in [1.82, 2.24) is 14.9 Å². The number of nitrogens with one attached hydrogen (secondary N) is 2. The molecule has 0 aliphatic carbocycles. The first-order valence-corrected chi connectivity index (χ1v) is 14.4. The molecule has 2 N–H and O–H groups in total. The van der Waals surface area contributed by atoms with Crippen molar-refractivity contribution in [3.8, 4) is 0 Å². The highest BCUT2D eigenvalue weighted by Gasteiger charge is 2.31. The van der Waals surface area contributed by atoms with Crippen LogP contribution >= 0.6 is 22.9 Å². The summed E-state index contributed by atoms with van der Waals surface area (Å²) >= 11 is 7.08. The van der Waals surface area contributed by atoms with Crippen LogP contribution in [0, 0.1) is 5.92 Å². The number of carbonyl (C=O) groups excluding carboxylic acids is 1. The highest BCUT2D eigenvalue weighted by molar-refractivity contribution is 7.91. The molecule has 1 aromatic carbocycles. The first kappa shape index (κ1) is 26.2. The minimum absolute atomic E-state index is 0.217. The summed E-state index contributed by atoms with van der Waals surface area (Å²) in [4.78, 5) is 13.1. The lowest BCUT2D eigenvalue weighted by atomic mass is 10.00. The molecule has 1 aliphatic rings. The second-order valence-electron chi connectivity index (χ2n) is 8.55. The zero-order chi connectivity index (χ0) is 23.7. The number of sulfonamides is 1. The van der Waals surface area contributed by atoms with Gasteiger partial charge in [0, 0.05) is 28.6 Å². The Bertz CT molecular complexity index is 993. The molecule has 1 aliphatic heterocycles. The van der Waals surface area contributed by atoms with Crippen LogP contribution in [0.3, 0.4) is 0 Å². The van der Waals surface area contributed by atoms with Gasteiger partial charge in [-0.25, -0.2) is 8.42 Å². The van der Waals surface area contributed by atoms with Gasteiger partial charge in [-0.3, -0.25) is 4.79 Å². The van der Waals surface area contributed by atoms with Crippen LogP contribution in [0.2, 0.25) is 5.02 Å². The molecule has 0 spiro atoms. The lowest BCUT2D eigenvalue weighted by Crippen LogP contribution is -2.42. The molecule has 2 aromatic rings. The van der Waals surface area contributed by atoms with E-state index in [-0.39, 0.29) is 12.5 Å². The van der Waals surface area contributed by atoms with Gasteiger partial charge in [0.2, 0.25) is 0 Å². The lowest BCUT2D eigenvalue weighted by molar-refractivity contribution is 0.0951. The van der Waals surface area contributed by atoms with E-state index in [1.165, 1.54) is 37.0 Å². The molecular weight excluding hydrogens is 478 g/mol. The molecule has 6 nitrogen and oxygen atoms in total. The number of thiophene rings is 1. The predicted molar refractivity (Wildman–Crippen MR) is 135 cm³/mol. The van der Waals surface area contributed by atoms with Crippen LogP contribution in [0.15, 0.2) is 40.6 Å². The average Bonchev–Trinajstić information content (AvgIpc) is 3.30. The molecule has 1 unspecified atom stereocenters. The third-order valence-electron chi connectivity index (χ3n) is 5.88. The monoisotopic (exact) mass is 511 g/mol. The molecular formula is C24H34ClN3O3S2. The fourth-order valence-corrected chi connectivity index (χ4v) is 7.12. The van der Waals surface area contributed by atoms with Crippen molar-refractivity contribution in [3.63, 3.8) is 0 Å². The van der Waals surface area contributed by atoms with E-state index in [1.54, 1.807) is 40.7 Å². The van der Waals surface area contributed by atoms with E-state index < -0.39 is 10.0 Å². The summed E-state index contributed by atoms with van der Waals surface area (Å²) in [6.07, 6.45) is 6.86. The van der Waals surface area contributed by atoms with Crippen molar-refractivity contribution in [2.45, 2.75) is 56.2 Å². The molecule has 182 valence electrons. The van der Waals surface area contributed by atoms with Crippen LogP contribution < -0.4 is 10.6 Å². The number of unbranched alkanes of at least 4 members (excludes halogenated alkanes) is 3. The minimum Gasteiger partial charge on any atom is -0.347 e. The molecule has 0 radical (unpaired) electrons. The summed E-state index contributed by atoms with van der Waals surface area (Å²) in [5.41, 5.74) is 0.516. The average molecular weight is 512 g/mol. The Balaban J connectivity index is 1.50. The Morgan fingerprint density at radius 1 is 1.15 bits per heavy atom. The number of amides is 1. The van der Waals surface area contributed by atoms with E-state index >= 15 is 0 Å². The maximum absolute atomic E-state index is 13.2. The van der Waals surface area contributed by atoms with E-state index in [2.05, 4.69) is 17.6 Å². The number of hydrogen-bond acceptors (Lipinski definition) is 5. The molecule has 1 aromatic heterocycles. The van der Waals surface area contributed by atoms with Gasteiger partial charge in [-0.2, -0.15) is 4.31 Å². The fraction of sp³-hybridized carbons (Fsp3) is 0.542. The minimum atomic E-state index is -3.52. The van der Waals surface area contributed by atoms with E-state index in [9.17, 15) is 13.2 Å². The van der Waals surface area contributed by atoms with Crippen molar-refractivity contribution in [3.05, 3.63) is 51.9 Å². The third kappa shape index (κ3) is 7.79. The Kier molecular flexibility index (Phi) is 10.2. The normalized spacial score (nSPS) is 17.2. The zero-order valence-corrected chi connectivity index (χ0v) is 21.6. The Hall–Kier alpha value is -1.45. The highest BCUT2D eigenvalue weighted by atomic mass is 35.5. The maximum atomic E-state index is 13.2. The summed E-state index contributed by atoms with van der Waals surface area (Å²) in [5, 5.41) is 6.92. The molecule has 9 heteroatoms. The number of rotatable bonds is 12. The van der Waals surface area contributed by atoms with Crippen LogP contribution in [0.25, 0.3) is 0 Å². The van der Waals surface area contributed by atoms with E-state index in [0.29, 0.717) is 33.8 Å². The predicted octanol–water partition coefficient (Wildman–Crippen LogP) is 4.90. The molecule has 1 amide bonds. The Labute approximate surface area is 206 Å². The first-order chi connectivity index (χ1) is 15.9. The Morgan fingerprint density at radius 3 is 2.70 bits per heavy atom. The smallest absolute Gasteiger partial charge is 0.252 e. The number of nitrogens with zero attached hydrogens (tertiary/aromatic N) is 1. The Morgan fingerprint density at radius 2 is 1.94 bits per heavy atom. The van der Waals surface area contributed by atoms with Gasteiger partial charge in [-0.15, -0.1) is 11.3 Å². The molecule has 0 bridgehead atoms. The summed E-state index contributed by atoms with van der Waals surface area (Å²) in [7, 11) is -3.52. The summed E-state index contributed by atoms with van der Waals surface area (Å²) in [6.45, 7) is 5.48. The van der Waals surface area contributed by atoms with Gasteiger partial charge in [0.1, 0.15) is 4.21 Å². The molecule has 33 heavy (non-hydrogen) atoms. The van der Waals surface area contributed by atoms with Gasteiger partial charge in [0.15, 0.2) is 0 Å². The SMILES string of the molecule is CCCCCCNCC1CCCN(S(=O)(=O)c2ccc(CNC(=O)c3ccc(Cl)cc3)s2)C1. The quantitative estimate of drug-likeness (QED) is 0.397. The van der Waals surface area contributed by atoms with Gasteiger partial charge in [-0.1, -0.05) is 37.8 Å². The van der Waals surface area contributed by atoms with E-state index in [4.69, 9.17) is 11.6 Å². The summed E-state index contributed by atoms with van der Waals surface area (Å²) in [6, 6.07) is 10.1. The molecule has 0 saturated carbocycles. The number of benzene rings is 1. The van der Waals surface area contributed by atoms with Crippen molar-refractivity contribution < 1.29 is 13.2 Å². The maximum Gasteiger partial charge on any atom is 0.252 e. The highest BCUT2D eigenvalue weighted by Crippen LogP contribution is 2.28. The summed E-state index contributed by atoms with van der Waals surface area (Å²) in [5.74, 6) is 0.128. The first-order valence-electron chi connectivity index (χ1n) is 11.7. The molecule has 1 atom stereocenters. The third-order valence-corrected chi connectivity index (χ3v) is 9.55. The van der Waals surface area contributed by atoms with Gasteiger partial charge in [-0.05, 0) is 74.7 Å². The number of halogens is 1. The van der Waals surface area contributed by atoms with Crippen molar-refractivity contribution >= 4 is 38.9 Å². The van der Waals surface area contributed by atoms with Gasteiger partial charge < -0.3 is 10.6 Å². The fourth-order valence-electron chi connectivity index (χ4n) is 3.98. The van der Waals surface area contributed by atoms with Crippen molar-refractivity contribution in [2.75, 3.05) is 26.2 Å². The largest absolute Gasteiger partial charge is 0.347 e. The van der Waals surface area contributed by atoms with E-state index in [1.807, 2.05) is 0 Å². The second-order valence-corrected chi connectivity index (χ2v) is 12.3. The molecule has 3 rings (SSSR count).